The van der Waals surface area contributed by atoms with E-state index < -0.39 is 5.25 Å². The monoisotopic (exact) mass is 462 g/mol. The highest BCUT2D eigenvalue weighted by Crippen LogP contribution is 2.43. The van der Waals surface area contributed by atoms with Gasteiger partial charge in [-0.1, -0.05) is 29.4 Å². The van der Waals surface area contributed by atoms with E-state index in [4.69, 9.17) is 21.1 Å². The summed E-state index contributed by atoms with van der Waals surface area (Å²) in [5.74, 6) is 1.59. The summed E-state index contributed by atoms with van der Waals surface area (Å²) >= 11 is 7.70. The molecule has 0 fully saturated rings. The second-order valence-electron chi connectivity index (χ2n) is 6.98. The largest absolute Gasteiger partial charge is 0.493 e. The lowest BCUT2D eigenvalue weighted by molar-refractivity contribution is -0.479. The molecule has 2 aromatic carbocycles. The van der Waals surface area contributed by atoms with Gasteiger partial charge in [0.1, 0.15) is 11.1 Å². The fourth-order valence-electron chi connectivity index (χ4n) is 3.16. The van der Waals surface area contributed by atoms with Crippen LogP contribution in [0, 0.1) is 30.9 Å². The third kappa shape index (κ3) is 4.94. The van der Waals surface area contributed by atoms with Crippen LogP contribution >= 0.6 is 23.4 Å². The SMILES string of the molecule is COc1cc(Cl)c([C@H](C[N+](=O)[O-])Sc2nnc(C)n2-c2ccc(C)c(C)c2)cc1OC. The number of benzene rings is 2. The quantitative estimate of drug-likeness (QED) is 0.265. The molecule has 0 aliphatic rings. The Morgan fingerprint density at radius 3 is 2.39 bits per heavy atom. The molecule has 0 saturated carbocycles. The van der Waals surface area contributed by atoms with Crippen molar-refractivity contribution in [2.24, 2.45) is 0 Å². The van der Waals surface area contributed by atoms with Gasteiger partial charge in [-0.3, -0.25) is 14.7 Å². The van der Waals surface area contributed by atoms with E-state index in [-0.39, 0.29) is 11.5 Å². The molecule has 31 heavy (non-hydrogen) atoms. The molecule has 0 saturated heterocycles. The molecule has 0 amide bonds. The minimum absolute atomic E-state index is 0.349. The third-order valence-electron chi connectivity index (χ3n) is 4.96. The second kappa shape index (κ2) is 9.57. The van der Waals surface area contributed by atoms with Gasteiger partial charge in [0.25, 0.3) is 0 Å². The molecule has 0 unspecified atom stereocenters. The van der Waals surface area contributed by atoms with Crippen molar-refractivity contribution in [1.82, 2.24) is 14.8 Å². The van der Waals surface area contributed by atoms with E-state index in [1.807, 2.05) is 43.5 Å². The Hall–Kier alpha value is -2.78. The van der Waals surface area contributed by atoms with Gasteiger partial charge in [-0.25, -0.2) is 0 Å². The average Bonchev–Trinajstić information content (AvgIpc) is 3.09. The molecule has 0 aliphatic heterocycles. The number of hydrogen-bond donors (Lipinski definition) is 0. The zero-order valence-corrected chi connectivity index (χ0v) is 19.5. The Labute approximate surface area is 189 Å². The zero-order chi connectivity index (χ0) is 22.7. The average molecular weight is 463 g/mol. The number of methoxy groups -OCH3 is 2. The Morgan fingerprint density at radius 2 is 1.77 bits per heavy atom. The highest BCUT2D eigenvalue weighted by molar-refractivity contribution is 7.99. The summed E-state index contributed by atoms with van der Waals surface area (Å²) in [7, 11) is 3.01. The van der Waals surface area contributed by atoms with Gasteiger partial charge in [-0.05, 0) is 55.7 Å². The summed E-state index contributed by atoms with van der Waals surface area (Å²) in [4.78, 5) is 11.1. The van der Waals surface area contributed by atoms with Gasteiger partial charge >= 0.3 is 0 Å². The van der Waals surface area contributed by atoms with Crippen LogP contribution in [0.25, 0.3) is 5.69 Å². The summed E-state index contributed by atoms with van der Waals surface area (Å²) < 4.78 is 12.5. The Bertz CT molecular complexity index is 1120. The topological polar surface area (TPSA) is 92.3 Å². The Balaban J connectivity index is 2.06. The van der Waals surface area contributed by atoms with Gasteiger partial charge in [0, 0.05) is 21.7 Å². The Kier molecular flexibility index (Phi) is 7.07. The van der Waals surface area contributed by atoms with Crippen LogP contribution in [0.1, 0.15) is 27.8 Å². The van der Waals surface area contributed by atoms with Crippen molar-refractivity contribution < 1.29 is 14.4 Å². The smallest absolute Gasteiger partial charge is 0.220 e. The summed E-state index contributed by atoms with van der Waals surface area (Å²) in [6.45, 7) is 5.57. The van der Waals surface area contributed by atoms with Gasteiger partial charge in [-0.15, -0.1) is 10.2 Å². The van der Waals surface area contributed by atoms with Gasteiger partial charge in [0.2, 0.25) is 6.54 Å². The zero-order valence-electron chi connectivity index (χ0n) is 17.9. The number of thioether (sulfide) groups is 1. The summed E-state index contributed by atoms with van der Waals surface area (Å²) in [6.07, 6.45) is 0. The molecule has 1 aromatic heterocycles. The Morgan fingerprint density at radius 1 is 1.10 bits per heavy atom. The van der Waals surface area contributed by atoms with E-state index in [0.717, 1.165) is 11.3 Å². The maximum atomic E-state index is 11.5. The number of nitrogens with zero attached hydrogens (tertiary/aromatic N) is 4. The lowest BCUT2D eigenvalue weighted by atomic mass is 10.1. The molecule has 8 nitrogen and oxygen atoms in total. The van der Waals surface area contributed by atoms with Crippen molar-refractivity contribution in [1.29, 1.82) is 0 Å². The van der Waals surface area contributed by atoms with E-state index in [2.05, 4.69) is 10.2 Å². The lowest BCUT2D eigenvalue weighted by Gasteiger charge is -2.18. The van der Waals surface area contributed by atoms with E-state index in [9.17, 15) is 10.1 Å². The predicted octanol–water partition coefficient (Wildman–Crippen LogP) is 4.97. The van der Waals surface area contributed by atoms with Gasteiger partial charge in [-0.2, -0.15) is 0 Å². The molecule has 164 valence electrons. The minimum Gasteiger partial charge on any atom is -0.493 e. The molecule has 0 radical (unpaired) electrons. The van der Waals surface area contributed by atoms with Crippen molar-refractivity contribution in [2.45, 2.75) is 31.2 Å². The second-order valence-corrected chi connectivity index (χ2v) is 8.56. The lowest BCUT2D eigenvalue weighted by Crippen LogP contribution is -2.12. The molecule has 1 atom stereocenters. The first kappa shape index (κ1) is 22.9. The van der Waals surface area contributed by atoms with Crippen LogP contribution in [0.15, 0.2) is 35.5 Å². The van der Waals surface area contributed by atoms with Crippen molar-refractivity contribution in [2.75, 3.05) is 20.8 Å². The highest BCUT2D eigenvalue weighted by Gasteiger charge is 2.27. The molecule has 0 bridgehead atoms. The number of ether oxygens (including phenoxy) is 2. The molecular formula is C21H23ClN4O4S. The third-order valence-corrected chi connectivity index (χ3v) is 6.45. The number of rotatable bonds is 8. The van der Waals surface area contributed by atoms with E-state index in [1.165, 1.54) is 31.5 Å². The van der Waals surface area contributed by atoms with E-state index in [1.54, 1.807) is 12.1 Å². The van der Waals surface area contributed by atoms with Crippen LogP contribution in [-0.2, 0) is 0 Å². The molecule has 0 spiro atoms. The van der Waals surface area contributed by atoms with Crippen molar-refractivity contribution in [3.05, 3.63) is 68.0 Å². The fraction of sp³-hybridized carbons (Fsp3) is 0.333. The molecule has 0 aliphatic carbocycles. The van der Waals surface area contributed by atoms with E-state index in [0.29, 0.717) is 33.1 Å². The van der Waals surface area contributed by atoms with Crippen LogP contribution in [0.4, 0.5) is 0 Å². The van der Waals surface area contributed by atoms with Crippen LogP contribution in [0.2, 0.25) is 5.02 Å². The van der Waals surface area contributed by atoms with Crippen LogP contribution in [0.5, 0.6) is 11.5 Å². The van der Waals surface area contributed by atoms with Gasteiger partial charge in [0.15, 0.2) is 16.7 Å². The first-order valence-electron chi connectivity index (χ1n) is 9.44. The normalized spacial score (nSPS) is 11.9. The van der Waals surface area contributed by atoms with Crippen molar-refractivity contribution in [3.8, 4) is 17.2 Å². The number of hydrogen-bond acceptors (Lipinski definition) is 7. The first-order valence-corrected chi connectivity index (χ1v) is 10.7. The van der Waals surface area contributed by atoms with Gasteiger partial charge in [0.05, 0.1) is 14.2 Å². The van der Waals surface area contributed by atoms with Crippen LogP contribution in [0.3, 0.4) is 0 Å². The standard InChI is InChI=1S/C21H23ClN4O4S/c1-12-6-7-15(8-13(12)2)26-14(3)23-24-21(26)31-20(11-25(27)28)16-9-18(29-4)19(30-5)10-17(16)22/h6-10,20H,11H2,1-5H3/t20-/m0/s1. The number of halogens is 1. The van der Waals surface area contributed by atoms with Gasteiger partial charge < -0.3 is 9.47 Å². The molecule has 3 rings (SSSR count). The minimum atomic E-state index is -0.615. The number of aromatic nitrogens is 3. The molecular weight excluding hydrogens is 440 g/mol. The number of aryl methyl sites for hydroxylation is 3. The molecule has 3 aromatic rings. The molecule has 0 N–H and O–H groups in total. The molecule has 1 heterocycles. The summed E-state index contributed by atoms with van der Waals surface area (Å²) in [5.41, 5.74) is 3.76. The summed E-state index contributed by atoms with van der Waals surface area (Å²) in [6, 6.07) is 9.32. The van der Waals surface area contributed by atoms with Crippen molar-refractivity contribution >= 4 is 23.4 Å². The fourth-order valence-corrected chi connectivity index (χ4v) is 4.71. The first-order chi connectivity index (χ1) is 14.7. The predicted molar refractivity (Wildman–Crippen MR) is 121 cm³/mol. The maximum absolute atomic E-state index is 11.5. The maximum Gasteiger partial charge on any atom is 0.220 e. The van der Waals surface area contributed by atoms with Crippen molar-refractivity contribution in [3.63, 3.8) is 0 Å². The summed E-state index contributed by atoms with van der Waals surface area (Å²) in [5, 5.41) is 20.2. The number of nitro groups is 1. The van der Waals surface area contributed by atoms with E-state index >= 15 is 0 Å². The van der Waals surface area contributed by atoms with Crippen LogP contribution < -0.4 is 9.47 Å². The highest BCUT2D eigenvalue weighted by atomic mass is 35.5. The van der Waals surface area contributed by atoms with Crippen LogP contribution in [-0.4, -0.2) is 40.5 Å². The molecule has 10 heteroatoms.